The molecule has 1 aromatic rings. The van der Waals surface area contributed by atoms with Gasteiger partial charge in [-0.2, -0.15) is 13.2 Å². The lowest BCUT2D eigenvalue weighted by atomic mass is 9.93. The lowest BCUT2D eigenvalue weighted by molar-refractivity contribution is -0.0884. The largest absolute Gasteiger partial charge is 0.506 e. The molecule has 0 unspecified atom stereocenters. The summed E-state index contributed by atoms with van der Waals surface area (Å²) in [5.41, 5.74) is 3.24. The van der Waals surface area contributed by atoms with Crippen LogP contribution in [0.5, 0.6) is 5.75 Å². The van der Waals surface area contributed by atoms with Gasteiger partial charge in [-0.15, -0.1) is 0 Å². The quantitative estimate of drug-likeness (QED) is 0.437. The van der Waals surface area contributed by atoms with Gasteiger partial charge in [-0.05, 0) is 81.4 Å². The number of likely N-dealkylation sites (tertiary alicyclic amines) is 1. The average Bonchev–Trinajstić information content (AvgIpc) is 2.77. The second kappa shape index (κ2) is 14.4. The lowest BCUT2D eigenvalue weighted by Crippen LogP contribution is -2.23. The topological polar surface area (TPSA) is 36.4 Å². The number of hydrogen-bond donors (Lipinski definition) is 1. The van der Waals surface area contributed by atoms with Gasteiger partial charge in [-0.1, -0.05) is 37.6 Å². The summed E-state index contributed by atoms with van der Waals surface area (Å²) in [5.74, 6) is 0.211. The summed E-state index contributed by atoms with van der Waals surface area (Å²) >= 11 is 0. The van der Waals surface area contributed by atoms with E-state index < -0.39 is 11.7 Å². The molecule has 182 valence electrons. The van der Waals surface area contributed by atoms with E-state index >= 15 is 0 Å². The van der Waals surface area contributed by atoms with Crippen LogP contribution in [0.15, 0.2) is 82.9 Å². The normalized spacial score (nSPS) is 17.7. The molecule has 3 nitrogen and oxygen atoms in total. The molecule has 1 fully saturated rings. The molecule has 0 aliphatic carbocycles. The Kier molecular flexibility index (Phi) is 12.3. The second-order valence-corrected chi connectivity index (χ2v) is 7.94. The number of hydrogen-bond acceptors (Lipinski definition) is 3. The fourth-order valence-electron chi connectivity index (χ4n) is 3.37. The molecule has 0 bridgehead atoms. The van der Waals surface area contributed by atoms with Crippen LogP contribution in [0.1, 0.15) is 59.8 Å². The Hall–Kier alpha value is -2.76. The van der Waals surface area contributed by atoms with Crippen LogP contribution < -0.4 is 0 Å². The van der Waals surface area contributed by atoms with E-state index in [2.05, 4.69) is 23.0 Å². The molecule has 0 saturated carbocycles. The molecule has 0 spiro atoms. The average molecular weight is 463 g/mol. The third-order valence-electron chi connectivity index (χ3n) is 5.33. The summed E-state index contributed by atoms with van der Waals surface area (Å²) in [5, 5.41) is 8.57. The summed E-state index contributed by atoms with van der Waals surface area (Å²) in [6, 6.07) is 3.25. The minimum atomic E-state index is -4.34. The Labute approximate surface area is 196 Å². The number of nitrogens with zero attached hydrogens (tertiary/aromatic N) is 2. The SMILES string of the molecule is C\C=C/C(=C\C(=C\CC)C(F)(F)F)C(/C=C1/CCCCN1C)=C(C)CC.Oc1cccnc1. The number of pyridine rings is 1. The van der Waals surface area contributed by atoms with Crippen molar-refractivity contribution < 1.29 is 18.3 Å². The molecule has 0 radical (unpaired) electrons. The van der Waals surface area contributed by atoms with Crippen molar-refractivity contribution in [2.75, 3.05) is 13.6 Å². The highest BCUT2D eigenvalue weighted by Gasteiger charge is 2.32. The van der Waals surface area contributed by atoms with Crippen LogP contribution in [0, 0.1) is 0 Å². The van der Waals surface area contributed by atoms with E-state index in [1.807, 2.05) is 20.8 Å². The molecule has 6 heteroatoms. The van der Waals surface area contributed by atoms with E-state index in [9.17, 15) is 13.2 Å². The first-order valence-corrected chi connectivity index (χ1v) is 11.5. The zero-order chi connectivity index (χ0) is 24.9. The minimum absolute atomic E-state index is 0.211. The Balaban J connectivity index is 0.000000657. The monoisotopic (exact) mass is 462 g/mol. The molecule has 0 aromatic carbocycles. The number of aromatic hydroxyl groups is 1. The molecule has 1 saturated heterocycles. The molecule has 1 aliphatic rings. The highest BCUT2D eigenvalue weighted by molar-refractivity contribution is 5.53. The van der Waals surface area contributed by atoms with E-state index in [0.29, 0.717) is 12.0 Å². The zero-order valence-electron chi connectivity index (χ0n) is 20.4. The fraction of sp³-hybridized carbons (Fsp3) is 0.444. The molecule has 2 rings (SSSR count). The molecule has 1 aromatic heterocycles. The zero-order valence-corrected chi connectivity index (χ0v) is 20.4. The molecular formula is C27H37F3N2O. The van der Waals surface area contributed by atoms with Crippen LogP contribution in [0.3, 0.4) is 0 Å². The van der Waals surface area contributed by atoms with Crippen molar-refractivity contribution in [1.82, 2.24) is 9.88 Å². The number of alkyl halides is 3. The molecule has 0 atom stereocenters. The lowest BCUT2D eigenvalue weighted by Gasteiger charge is -2.28. The van der Waals surface area contributed by atoms with Gasteiger partial charge in [0.25, 0.3) is 0 Å². The van der Waals surface area contributed by atoms with Crippen molar-refractivity contribution >= 4 is 0 Å². The Bertz CT molecular complexity index is 878. The molecule has 33 heavy (non-hydrogen) atoms. The third-order valence-corrected chi connectivity index (χ3v) is 5.33. The van der Waals surface area contributed by atoms with Crippen LogP contribution in [-0.4, -0.2) is 34.8 Å². The van der Waals surface area contributed by atoms with Gasteiger partial charge >= 0.3 is 6.18 Å². The number of aromatic nitrogens is 1. The molecule has 2 heterocycles. The van der Waals surface area contributed by atoms with Gasteiger partial charge in [0.2, 0.25) is 0 Å². The van der Waals surface area contributed by atoms with E-state index in [1.54, 1.807) is 37.4 Å². The van der Waals surface area contributed by atoms with Gasteiger partial charge in [0.15, 0.2) is 0 Å². The van der Waals surface area contributed by atoms with Gasteiger partial charge < -0.3 is 10.0 Å². The van der Waals surface area contributed by atoms with Gasteiger partial charge in [0.05, 0.1) is 11.8 Å². The Morgan fingerprint density at radius 3 is 2.42 bits per heavy atom. The Morgan fingerprint density at radius 2 is 1.97 bits per heavy atom. The van der Waals surface area contributed by atoms with Crippen molar-refractivity contribution in [2.24, 2.45) is 0 Å². The minimum Gasteiger partial charge on any atom is -0.506 e. The van der Waals surface area contributed by atoms with E-state index in [-0.39, 0.29) is 5.75 Å². The van der Waals surface area contributed by atoms with E-state index in [1.165, 1.54) is 24.0 Å². The van der Waals surface area contributed by atoms with Gasteiger partial charge in [0, 0.05) is 25.5 Å². The summed E-state index contributed by atoms with van der Waals surface area (Å²) < 4.78 is 40.2. The highest BCUT2D eigenvalue weighted by Crippen LogP contribution is 2.32. The van der Waals surface area contributed by atoms with Crippen LogP contribution in [0.4, 0.5) is 13.2 Å². The van der Waals surface area contributed by atoms with Crippen molar-refractivity contribution in [2.45, 2.75) is 66.0 Å². The smallest absolute Gasteiger partial charge is 0.416 e. The Morgan fingerprint density at radius 1 is 1.24 bits per heavy atom. The van der Waals surface area contributed by atoms with Crippen molar-refractivity contribution in [1.29, 1.82) is 0 Å². The maximum absolute atomic E-state index is 13.4. The number of rotatable bonds is 6. The fourth-order valence-corrected chi connectivity index (χ4v) is 3.37. The first-order chi connectivity index (χ1) is 15.6. The highest BCUT2D eigenvalue weighted by atomic mass is 19.4. The predicted octanol–water partition coefficient (Wildman–Crippen LogP) is 7.90. The van der Waals surface area contributed by atoms with Crippen LogP contribution in [0.2, 0.25) is 0 Å². The van der Waals surface area contributed by atoms with E-state index in [4.69, 9.17) is 5.11 Å². The molecule has 0 amide bonds. The molecular weight excluding hydrogens is 425 g/mol. The van der Waals surface area contributed by atoms with Crippen LogP contribution in [0.25, 0.3) is 0 Å². The summed E-state index contributed by atoms with van der Waals surface area (Å²) in [6.07, 6.45) is 11.3. The van der Waals surface area contributed by atoms with Gasteiger partial charge in [-0.3, -0.25) is 4.98 Å². The maximum atomic E-state index is 13.4. The predicted molar refractivity (Wildman–Crippen MR) is 131 cm³/mol. The standard InChI is InChI=1S/C22H32F3N.C5H5NO/c1-6-11-18(15-19(12-7-2)22(23,24)25)21(17(4)8-3)16-20-13-9-10-14-26(20)5;7-5-2-1-3-6-4-5/h6,11-12,15-16H,7-10,13-14H2,1-5H3;1-4,7H/b11-6-,18-15+,19-12-,20-16-,21-17?;. The maximum Gasteiger partial charge on any atom is 0.416 e. The first-order valence-electron chi connectivity index (χ1n) is 11.5. The van der Waals surface area contributed by atoms with Crippen molar-refractivity contribution in [3.63, 3.8) is 0 Å². The molecule has 1 N–H and O–H groups in total. The van der Waals surface area contributed by atoms with Crippen molar-refractivity contribution in [3.05, 3.63) is 82.9 Å². The second-order valence-electron chi connectivity index (χ2n) is 7.94. The van der Waals surface area contributed by atoms with E-state index in [0.717, 1.165) is 43.4 Å². The van der Waals surface area contributed by atoms with Crippen LogP contribution in [-0.2, 0) is 0 Å². The number of halogens is 3. The van der Waals surface area contributed by atoms with Crippen LogP contribution >= 0.6 is 0 Å². The third kappa shape index (κ3) is 10.1. The summed E-state index contributed by atoms with van der Waals surface area (Å²) in [7, 11) is 2.06. The summed E-state index contributed by atoms with van der Waals surface area (Å²) in [6.45, 7) is 8.60. The summed E-state index contributed by atoms with van der Waals surface area (Å²) in [4.78, 5) is 5.85. The van der Waals surface area contributed by atoms with Gasteiger partial charge in [0.1, 0.15) is 5.75 Å². The number of piperidine rings is 1. The van der Waals surface area contributed by atoms with Gasteiger partial charge in [-0.25, -0.2) is 0 Å². The van der Waals surface area contributed by atoms with Crippen molar-refractivity contribution in [3.8, 4) is 5.75 Å². The molecule has 1 aliphatic heterocycles. The first kappa shape index (κ1) is 28.3. The number of allylic oxidation sites excluding steroid dienone is 10.